The second kappa shape index (κ2) is 7.06. The zero-order valence-electron chi connectivity index (χ0n) is 15.1. The molecule has 10 heteroatoms. The lowest BCUT2D eigenvalue weighted by Crippen LogP contribution is -2.24. The summed E-state index contributed by atoms with van der Waals surface area (Å²) in [6, 6.07) is 8.81. The predicted octanol–water partition coefficient (Wildman–Crippen LogP) is 2.41. The van der Waals surface area contributed by atoms with Crippen LogP contribution in [-0.2, 0) is 16.6 Å². The molecule has 4 rings (SSSR count). The standard InChI is InChI=1S/C18H17N5O4S/c1-11-15(23-27-22-11)10-21-28(24,25)17-8-12(3-4-16(17)26-2)14-7-13-5-6-19-18(13)20-9-14/h3-9,21H,10H2,1-2H3,(H,19,20). The number of nitrogens with zero attached hydrogens (tertiary/aromatic N) is 3. The number of hydrogen-bond acceptors (Lipinski definition) is 7. The Morgan fingerprint density at radius 2 is 2.04 bits per heavy atom. The summed E-state index contributed by atoms with van der Waals surface area (Å²) in [5, 5.41) is 8.27. The first-order chi connectivity index (χ1) is 13.5. The van der Waals surface area contributed by atoms with Gasteiger partial charge < -0.3 is 9.72 Å². The highest BCUT2D eigenvalue weighted by molar-refractivity contribution is 7.89. The van der Waals surface area contributed by atoms with Crippen LogP contribution >= 0.6 is 0 Å². The monoisotopic (exact) mass is 399 g/mol. The Kier molecular flexibility index (Phi) is 4.57. The Bertz CT molecular complexity index is 1250. The highest BCUT2D eigenvalue weighted by atomic mass is 32.2. The van der Waals surface area contributed by atoms with Crippen molar-refractivity contribution >= 4 is 21.1 Å². The molecule has 0 spiro atoms. The first-order valence-corrected chi connectivity index (χ1v) is 9.85. The average molecular weight is 399 g/mol. The third-order valence-corrected chi connectivity index (χ3v) is 5.79. The van der Waals surface area contributed by atoms with E-state index in [4.69, 9.17) is 4.74 Å². The molecule has 0 saturated heterocycles. The zero-order chi connectivity index (χ0) is 19.7. The molecule has 3 heterocycles. The zero-order valence-corrected chi connectivity index (χ0v) is 15.9. The van der Waals surface area contributed by atoms with E-state index >= 15 is 0 Å². The molecule has 0 saturated carbocycles. The van der Waals surface area contributed by atoms with Crippen molar-refractivity contribution in [2.24, 2.45) is 0 Å². The highest BCUT2D eigenvalue weighted by Gasteiger charge is 2.21. The van der Waals surface area contributed by atoms with E-state index < -0.39 is 10.0 Å². The van der Waals surface area contributed by atoms with Gasteiger partial charge in [-0.15, -0.1) is 0 Å². The molecule has 9 nitrogen and oxygen atoms in total. The van der Waals surface area contributed by atoms with E-state index in [2.05, 4.69) is 29.6 Å². The predicted molar refractivity (Wildman–Crippen MR) is 101 cm³/mol. The summed E-state index contributed by atoms with van der Waals surface area (Å²) in [4.78, 5) is 7.41. The number of ether oxygens (including phenoxy) is 1. The van der Waals surface area contributed by atoms with Crippen LogP contribution < -0.4 is 9.46 Å². The Hall–Kier alpha value is -3.24. The molecule has 0 atom stereocenters. The average Bonchev–Trinajstić information content (AvgIpc) is 3.33. The smallest absolute Gasteiger partial charge is 0.244 e. The maximum atomic E-state index is 12.9. The second-order valence-corrected chi connectivity index (χ2v) is 7.86. The van der Waals surface area contributed by atoms with Crippen molar-refractivity contribution in [1.29, 1.82) is 0 Å². The quantitative estimate of drug-likeness (QED) is 0.510. The lowest BCUT2D eigenvalue weighted by molar-refractivity contribution is 0.301. The third-order valence-electron chi connectivity index (χ3n) is 4.36. The van der Waals surface area contributed by atoms with Gasteiger partial charge in [0, 0.05) is 23.3 Å². The Labute approximate surface area is 160 Å². The van der Waals surface area contributed by atoms with Gasteiger partial charge in [-0.05, 0) is 36.8 Å². The van der Waals surface area contributed by atoms with Crippen LogP contribution in [0.15, 0.2) is 52.3 Å². The van der Waals surface area contributed by atoms with Crippen LogP contribution in [0, 0.1) is 6.92 Å². The van der Waals surface area contributed by atoms with E-state index in [0.717, 1.165) is 16.6 Å². The molecule has 0 amide bonds. The normalized spacial score (nSPS) is 11.8. The summed E-state index contributed by atoms with van der Waals surface area (Å²) >= 11 is 0. The van der Waals surface area contributed by atoms with E-state index in [9.17, 15) is 8.42 Å². The number of methoxy groups -OCH3 is 1. The van der Waals surface area contributed by atoms with Gasteiger partial charge in [0.25, 0.3) is 0 Å². The van der Waals surface area contributed by atoms with Crippen LogP contribution in [-0.4, -0.2) is 35.8 Å². The molecular formula is C18H17N5O4S. The van der Waals surface area contributed by atoms with Gasteiger partial charge in [0.15, 0.2) is 0 Å². The van der Waals surface area contributed by atoms with Gasteiger partial charge in [-0.2, -0.15) is 0 Å². The Balaban J connectivity index is 1.70. The molecule has 0 aliphatic rings. The molecule has 4 aromatic rings. The summed E-state index contributed by atoms with van der Waals surface area (Å²) in [5.74, 6) is 0.238. The van der Waals surface area contributed by atoms with Crippen molar-refractivity contribution in [2.75, 3.05) is 7.11 Å². The highest BCUT2D eigenvalue weighted by Crippen LogP contribution is 2.30. The summed E-state index contributed by atoms with van der Waals surface area (Å²) in [6.07, 6.45) is 3.49. The van der Waals surface area contributed by atoms with Gasteiger partial charge >= 0.3 is 0 Å². The SMILES string of the molecule is COc1ccc(-c2cnc3[nH]ccc3c2)cc1S(=O)(=O)NCc1nonc1C. The number of hydrogen-bond donors (Lipinski definition) is 2. The number of fused-ring (bicyclic) bond motifs is 1. The van der Waals surface area contributed by atoms with Gasteiger partial charge in [-0.1, -0.05) is 16.4 Å². The fraction of sp³-hybridized carbons (Fsp3) is 0.167. The maximum absolute atomic E-state index is 12.9. The molecular weight excluding hydrogens is 382 g/mol. The molecule has 0 radical (unpaired) electrons. The van der Waals surface area contributed by atoms with Crippen LogP contribution in [0.2, 0.25) is 0 Å². The van der Waals surface area contributed by atoms with Crippen molar-refractivity contribution in [1.82, 2.24) is 25.0 Å². The maximum Gasteiger partial charge on any atom is 0.244 e. The number of pyridine rings is 1. The minimum atomic E-state index is -3.87. The van der Waals surface area contributed by atoms with E-state index in [-0.39, 0.29) is 17.2 Å². The number of aromatic amines is 1. The van der Waals surface area contributed by atoms with E-state index in [1.807, 2.05) is 12.1 Å². The molecule has 0 aliphatic carbocycles. The fourth-order valence-corrected chi connectivity index (χ4v) is 4.00. The van der Waals surface area contributed by atoms with E-state index in [0.29, 0.717) is 17.0 Å². The summed E-state index contributed by atoms with van der Waals surface area (Å²) in [6.45, 7) is 1.65. The van der Waals surface area contributed by atoms with Crippen molar-refractivity contribution in [3.63, 3.8) is 0 Å². The van der Waals surface area contributed by atoms with Crippen LogP contribution in [0.3, 0.4) is 0 Å². The number of aromatic nitrogens is 4. The molecule has 144 valence electrons. The first-order valence-electron chi connectivity index (χ1n) is 8.37. The summed E-state index contributed by atoms with van der Waals surface area (Å²) < 4.78 is 38.1. The number of nitrogens with one attached hydrogen (secondary N) is 2. The summed E-state index contributed by atoms with van der Waals surface area (Å²) in [7, 11) is -2.45. The second-order valence-electron chi connectivity index (χ2n) is 6.13. The van der Waals surface area contributed by atoms with Crippen molar-refractivity contribution in [3.8, 4) is 16.9 Å². The van der Waals surface area contributed by atoms with Crippen molar-refractivity contribution in [2.45, 2.75) is 18.4 Å². The lowest BCUT2D eigenvalue weighted by atomic mass is 10.1. The van der Waals surface area contributed by atoms with Gasteiger partial charge in [0.1, 0.15) is 27.7 Å². The molecule has 0 bridgehead atoms. The molecule has 0 aliphatic heterocycles. The minimum Gasteiger partial charge on any atom is -0.495 e. The van der Waals surface area contributed by atoms with Crippen LogP contribution in [0.4, 0.5) is 0 Å². The van der Waals surface area contributed by atoms with E-state index in [1.54, 1.807) is 37.5 Å². The number of sulfonamides is 1. The van der Waals surface area contributed by atoms with Crippen molar-refractivity contribution in [3.05, 3.63) is 54.1 Å². The van der Waals surface area contributed by atoms with Crippen LogP contribution in [0.25, 0.3) is 22.2 Å². The van der Waals surface area contributed by atoms with Crippen molar-refractivity contribution < 1.29 is 17.8 Å². The number of rotatable bonds is 6. The molecule has 28 heavy (non-hydrogen) atoms. The number of aryl methyl sites for hydroxylation is 1. The molecule has 2 N–H and O–H groups in total. The topological polar surface area (TPSA) is 123 Å². The van der Waals surface area contributed by atoms with Gasteiger partial charge in [-0.3, -0.25) is 0 Å². The molecule has 0 fully saturated rings. The van der Waals surface area contributed by atoms with Gasteiger partial charge in [-0.25, -0.2) is 22.8 Å². The van der Waals surface area contributed by atoms with Crippen LogP contribution in [0.5, 0.6) is 5.75 Å². The van der Waals surface area contributed by atoms with Gasteiger partial charge in [0.2, 0.25) is 10.0 Å². The Morgan fingerprint density at radius 3 is 2.79 bits per heavy atom. The summed E-state index contributed by atoms with van der Waals surface area (Å²) in [5.41, 5.74) is 3.21. The molecule has 0 unspecified atom stereocenters. The fourth-order valence-electron chi connectivity index (χ4n) is 2.81. The van der Waals surface area contributed by atoms with Gasteiger partial charge in [0.05, 0.1) is 13.7 Å². The minimum absolute atomic E-state index is 0.0239. The Morgan fingerprint density at radius 1 is 1.18 bits per heavy atom. The largest absolute Gasteiger partial charge is 0.495 e. The first kappa shape index (κ1) is 18.1. The lowest BCUT2D eigenvalue weighted by Gasteiger charge is -2.12. The number of benzene rings is 1. The van der Waals surface area contributed by atoms with E-state index in [1.165, 1.54) is 7.11 Å². The molecule has 1 aromatic carbocycles. The third kappa shape index (κ3) is 3.35. The molecule has 3 aromatic heterocycles. The number of H-pyrrole nitrogens is 1. The van der Waals surface area contributed by atoms with Crippen LogP contribution in [0.1, 0.15) is 11.4 Å².